The summed E-state index contributed by atoms with van der Waals surface area (Å²) in [4.78, 5) is 22.7. The number of nitrogens with zero attached hydrogens (tertiary/aromatic N) is 2. The van der Waals surface area contributed by atoms with Gasteiger partial charge in [-0.3, -0.25) is 4.79 Å². The third kappa shape index (κ3) is 3.77. The number of rotatable bonds is 4. The standard InChI is InChI=1S/C15H11Cl2N3OS2/c1-8-5-9-14(18-7-19-15(9)23-8)22-6-12(21)20-11-4-2-3-10(16)13(11)17/h2-5,7H,6H2,1H3,(H,20,21). The maximum atomic E-state index is 12.1. The first-order valence-corrected chi connectivity index (χ1v) is 9.18. The highest BCUT2D eigenvalue weighted by molar-refractivity contribution is 8.00. The van der Waals surface area contributed by atoms with E-state index in [1.807, 2.05) is 13.0 Å². The number of aromatic nitrogens is 2. The van der Waals surface area contributed by atoms with Crippen LogP contribution in [0.1, 0.15) is 4.88 Å². The number of carbonyl (C=O) groups excluding carboxylic acids is 1. The molecule has 1 amide bonds. The Kier molecular flexibility index (Phi) is 5.06. The molecule has 0 saturated heterocycles. The smallest absolute Gasteiger partial charge is 0.234 e. The van der Waals surface area contributed by atoms with Gasteiger partial charge in [0.15, 0.2) is 0 Å². The second kappa shape index (κ2) is 7.05. The van der Waals surface area contributed by atoms with Crippen molar-refractivity contribution < 1.29 is 4.79 Å². The summed E-state index contributed by atoms with van der Waals surface area (Å²) in [6.45, 7) is 2.02. The lowest BCUT2D eigenvalue weighted by Crippen LogP contribution is -2.14. The lowest BCUT2D eigenvalue weighted by Gasteiger charge is -2.08. The molecular formula is C15H11Cl2N3OS2. The van der Waals surface area contributed by atoms with Crippen LogP contribution >= 0.6 is 46.3 Å². The number of nitrogens with one attached hydrogen (secondary N) is 1. The second-order valence-electron chi connectivity index (χ2n) is 4.69. The Labute approximate surface area is 151 Å². The summed E-state index contributed by atoms with van der Waals surface area (Å²) in [6.07, 6.45) is 1.52. The quantitative estimate of drug-likeness (QED) is 0.506. The number of fused-ring (bicyclic) bond motifs is 1. The molecule has 0 spiro atoms. The van der Waals surface area contributed by atoms with E-state index in [0.717, 1.165) is 20.1 Å². The molecule has 0 unspecified atom stereocenters. The molecule has 0 atom stereocenters. The van der Waals surface area contributed by atoms with Gasteiger partial charge in [-0.15, -0.1) is 11.3 Å². The maximum Gasteiger partial charge on any atom is 0.234 e. The third-order valence-corrected chi connectivity index (χ3v) is 5.76. The van der Waals surface area contributed by atoms with E-state index in [9.17, 15) is 4.79 Å². The lowest BCUT2D eigenvalue weighted by atomic mass is 10.3. The molecule has 3 rings (SSSR count). The third-order valence-electron chi connectivity index (χ3n) is 2.98. The Balaban J connectivity index is 1.70. The van der Waals surface area contributed by atoms with Crippen LogP contribution in [-0.4, -0.2) is 21.6 Å². The van der Waals surface area contributed by atoms with E-state index in [1.165, 1.54) is 18.1 Å². The van der Waals surface area contributed by atoms with Gasteiger partial charge in [-0.05, 0) is 25.1 Å². The summed E-state index contributed by atoms with van der Waals surface area (Å²) in [5, 5.41) is 5.28. The Morgan fingerprint density at radius 2 is 2.17 bits per heavy atom. The van der Waals surface area contributed by atoms with Crippen molar-refractivity contribution in [3.8, 4) is 0 Å². The molecule has 1 N–H and O–H groups in total. The van der Waals surface area contributed by atoms with E-state index in [0.29, 0.717) is 15.7 Å². The highest BCUT2D eigenvalue weighted by atomic mass is 35.5. The van der Waals surface area contributed by atoms with Crippen molar-refractivity contribution in [2.24, 2.45) is 0 Å². The normalized spacial score (nSPS) is 10.9. The number of thioether (sulfide) groups is 1. The zero-order valence-corrected chi connectivity index (χ0v) is 15.1. The number of hydrogen-bond donors (Lipinski definition) is 1. The molecule has 3 aromatic rings. The van der Waals surface area contributed by atoms with E-state index in [1.54, 1.807) is 29.5 Å². The Morgan fingerprint density at radius 3 is 3.00 bits per heavy atom. The van der Waals surface area contributed by atoms with Crippen LogP contribution in [0.3, 0.4) is 0 Å². The summed E-state index contributed by atoms with van der Waals surface area (Å²) >= 11 is 15.0. The molecule has 0 saturated carbocycles. The predicted octanol–water partition coefficient (Wildman–Crippen LogP) is 5.04. The Bertz CT molecular complexity index is 882. The van der Waals surface area contributed by atoms with Gasteiger partial charge < -0.3 is 5.32 Å². The Hall–Kier alpha value is -1.34. The van der Waals surface area contributed by atoms with Crippen molar-refractivity contribution in [1.82, 2.24) is 9.97 Å². The van der Waals surface area contributed by atoms with Gasteiger partial charge in [0.05, 0.1) is 21.5 Å². The highest BCUT2D eigenvalue weighted by Gasteiger charge is 2.12. The summed E-state index contributed by atoms with van der Waals surface area (Å²) < 4.78 is 0. The molecule has 118 valence electrons. The van der Waals surface area contributed by atoms with Crippen LogP contribution in [0.5, 0.6) is 0 Å². The average Bonchev–Trinajstić information content (AvgIpc) is 2.90. The van der Waals surface area contributed by atoms with Crippen molar-refractivity contribution in [1.29, 1.82) is 0 Å². The first-order valence-electron chi connectivity index (χ1n) is 6.62. The first kappa shape index (κ1) is 16.5. The van der Waals surface area contributed by atoms with Crippen molar-refractivity contribution in [2.45, 2.75) is 11.9 Å². The molecule has 23 heavy (non-hydrogen) atoms. The van der Waals surface area contributed by atoms with Gasteiger partial charge in [0.25, 0.3) is 0 Å². The van der Waals surface area contributed by atoms with E-state index >= 15 is 0 Å². The minimum Gasteiger partial charge on any atom is -0.324 e. The van der Waals surface area contributed by atoms with Crippen molar-refractivity contribution in [3.63, 3.8) is 0 Å². The van der Waals surface area contributed by atoms with Crippen LogP contribution in [0.2, 0.25) is 10.0 Å². The zero-order chi connectivity index (χ0) is 16.4. The molecule has 0 aliphatic heterocycles. The molecule has 8 heteroatoms. The van der Waals surface area contributed by atoms with Gasteiger partial charge >= 0.3 is 0 Å². The molecule has 0 bridgehead atoms. The van der Waals surface area contributed by atoms with E-state index in [-0.39, 0.29) is 11.7 Å². The minimum absolute atomic E-state index is 0.169. The molecule has 1 aromatic carbocycles. The number of benzene rings is 1. The van der Waals surface area contributed by atoms with Crippen LogP contribution < -0.4 is 5.32 Å². The maximum absolute atomic E-state index is 12.1. The fourth-order valence-corrected chi connectivity index (χ4v) is 4.02. The summed E-state index contributed by atoms with van der Waals surface area (Å²) in [6, 6.07) is 7.15. The van der Waals surface area contributed by atoms with Gasteiger partial charge in [-0.25, -0.2) is 9.97 Å². The van der Waals surface area contributed by atoms with Gasteiger partial charge in [0.2, 0.25) is 5.91 Å². The average molecular weight is 384 g/mol. The SMILES string of the molecule is Cc1cc2c(SCC(=O)Nc3cccc(Cl)c3Cl)ncnc2s1. The van der Waals surface area contributed by atoms with Crippen LogP contribution in [0.15, 0.2) is 35.6 Å². The molecule has 0 radical (unpaired) electrons. The number of amides is 1. The Morgan fingerprint density at radius 1 is 1.35 bits per heavy atom. The number of aryl methyl sites for hydroxylation is 1. The minimum atomic E-state index is -0.169. The van der Waals surface area contributed by atoms with Gasteiger partial charge in [0, 0.05) is 10.3 Å². The van der Waals surface area contributed by atoms with E-state index in [4.69, 9.17) is 23.2 Å². The van der Waals surface area contributed by atoms with Crippen molar-refractivity contribution in [2.75, 3.05) is 11.1 Å². The van der Waals surface area contributed by atoms with Crippen molar-refractivity contribution in [3.05, 3.63) is 45.5 Å². The lowest BCUT2D eigenvalue weighted by molar-refractivity contribution is -0.113. The van der Waals surface area contributed by atoms with Crippen LogP contribution in [0.25, 0.3) is 10.2 Å². The van der Waals surface area contributed by atoms with E-state index in [2.05, 4.69) is 15.3 Å². The van der Waals surface area contributed by atoms with Crippen LogP contribution in [0, 0.1) is 6.92 Å². The largest absolute Gasteiger partial charge is 0.324 e. The monoisotopic (exact) mass is 383 g/mol. The van der Waals surface area contributed by atoms with Crippen LogP contribution in [-0.2, 0) is 4.79 Å². The van der Waals surface area contributed by atoms with E-state index < -0.39 is 0 Å². The molecule has 2 aromatic heterocycles. The molecule has 0 aliphatic carbocycles. The fourth-order valence-electron chi connectivity index (χ4n) is 1.99. The molecule has 0 aliphatic rings. The van der Waals surface area contributed by atoms with Crippen molar-refractivity contribution >= 4 is 68.1 Å². The molecular weight excluding hydrogens is 373 g/mol. The summed E-state index contributed by atoms with van der Waals surface area (Å²) in [5.41, 5.74) is 0.504. The topological polar surface area (TPSA) is 54.9 Å². The molecule has 4 nitrogen and oxygen atoms in total. The fraction of sp³-hybridized carbons (Fsp3) is 0.133. The number of thiophene rings is 1. The molecule has 0 fully saturated rings. The number of hydrogen-bond acceptors (Lipinski definition) is 5. The van der Waals surface area contributed by atoms with Gasteiger partial charge in [-0.1, -0.05) is 41.0 Å². The van der Waals surface area contributed by atoms with Crippen LogP contribution in [0.4, 0.5) is 5.69 Å². The van der Waals surface area contributed by atoms with Gasteiger partial charge in [-0.2, -0.15) is 0 Å². The predicted molar refractivity (Wildman–Crippen MR) is 98.0 cm³/mol. The number of anilines is 1. The second-order valence-corrected chi connectivity index (χ2v) is 7.68. The summed E-state index contributed by atoms with van der Waals surface area (Å²) in [7, 11) is 0. The number of halogens is 2. The highest BCUT2D eigenvalue weighted by Crippen LogP contribution is 2.31. The molecule has 2 heterocycles. The first-order chi connectivity index (χ1) is 11.0. The number of carbonyl (C=O) groups is 1. The van der Waals surface area contributed by atoms with Gasteiger partial charge in [0.1, 0.15) is 16.2 Å². The summed E-state index contributed by atoms with van der Waals surface area (Å²) in [5.74, 6) is 0.0574. The zero-order valence-electron chi connectivity index (χ0n) is 12.0.